The SMILES string of the molecule is CCNC(Cc1ncnn1C)C1(CC(C)C)CCCC1. The van der Waals surface area contributed by atoms with Gasteiger partial charge in [0.15, 0.2) is 0 Å². The van der Waals surface area contributed by atoms with E-state index in [4.69, 9.17) is 0 Å². The van der Waals surface area contributed by atoms with Crippen molar-refractivity contribution in [1.82, 2.24) is 20.1 Å². The summed E-state index contributed by atoms with van der Waals surface area (Å²) in [4.78, 5) is 4.43. The van der Waals surface area contributed by atoms with E-state index in [0.29, 0.717) is 11.5 Å². The highest BCUT2D eigenvalue weighted by atomic mass is 15.3. The van der Waals surface area contributed by atoms with Crippen molar-refractivity contribution < 1.29 is 0 Å². The Balaban J connectivity index is 2.18. The monoisotopic (exact) mass is 278 g/mol. The lowest BCUT2D eigenvalue weighted by Gasteiger charge is -2.39. The Morgan fingerprint density at radius 2 is 2.05 bits per heavy atom. The van der Waals surface area contributed by atoms with Crippen LogP contribution in [0.2, 0.25) is 0 Å². The van der Waals surface area contributed by atoms with Crippen LogP contribution < -0.4 is 5.32 Å². The van der Waals surface area contributed by atoms with Crippen molar-refractivity contribution in [3.8, 4) is 0 Å². The maximum Gasteiger partial charge on any atom is 0.138 e. The number of rotatable bonds is 7. The van der Waals surface area contributed by atoms with Gasteiger partial charge in [-0.1, -0.05) is 33.6 Å². The van der Waals surface area contributed by atoms with E-state index in [-0.39, 0.29) is 0 Å². The van der Waals surface area contributed by atoms with Gasteiger partial charge in [-0.2, -0.15) is 5.10 Å². The van der Waals surface area contributed by atoms with Gasteiger partial charge in [0.2, 0.25) is 0 Å². The van der Waals surface area contributed by atoms with Gasteiger partial charge in [0, 0.05) is 19.5 Å². The normalized spacial score (nSPS) is 19.6. The van der Waals surface area contributed by atoms with Crippen LogP contribution in [0, 0.1) is 11.3 Å². The van der Waals surface area contributed by atoms with Gasteiger partial charge in [-0.15, -0.1) is 0 Å². The molecule has 0 aliphatic heterocycles. The van der Waals surface area contributed by atoms with Crippen LogP contribution in [0.4, 0.5) is 0 Å². The van der Waals surface area contributed by atoms with Crippen LogP contribution in [0.15, 0.2) is 6.33 Å². The fraction of sp³-hybridized carbons (Fsp3) is 0.875. The van der Waals surface area contributed by atoms with Crippen molar-refractivity contribution in [3.63, 3.8) is 0 Å². The molecule has 1 atom stereocenters. The van der Waals surface area contributed by atoms with Crippen LogP contribution in [0.3, 0.4) is 0 Å². The topological polar surface area (TPSA) is 42.7 Å². The van der Waals surface area contributed by atoms with E-state index in [2.05, 4.69) is 36.2 Å². The minimum Gasteiger partial charge on any atom is -0.313 e. The summed E-state index contributed by atoms with van der Waals surface area (Å²) in [5.74, 6) is 1.86. The number of hydrogen-bond donors (Lipinski definition) is 1. The zero-order chi connectivity index (χ0) is 14.6. The minimum atomic E-state index is 0.454. The first-order valence-electron chi connectivity index (χ1n) is 8.13. The molecule has 114 valence electrons. The molecular formula is C16H30N4. The smallest absolute Gasteiger partial charge is 0.138 e. The second kappa shape index (κ2) is 6.70. The Bertz CT molecular complexity index is 404. The molecule has 0 spiro atoms. The lowest BCUT2D eigenvalue weighted by atomic mass is 9.71. The molecule has 4 nitrogen and oxygen atoms in total. The molecule has 1 aliphatic rings. The summed E-state index contributed by atoms with van der Waals surface area (Å²) < 4.78 is 1.92. The standard InChI is InChI=1S/C16H30N4/c1-5-17-14(10-15-18-12-19-20(15)4)16(11-13(2)3)8-6-7-9-16/h12-14,17H,5-11H2,1-4H3. The molecule has 0 amide bonds. The number of aromatic nitrogens is 3. The molecule has 0 saturated heterocycles. The number of likely N-dealkylation sites (N-methyl/N-ethyl adjacent to an activating group) is 1. The van der Waals surface area contributed by atoms with E-state index in [9.17, 15) is 0 Å². The van der Waals surface area contributed by atoms with Gasteiger partial charge < -0.3 is 5.32 Å². The van der Waals surface area contributed by atoms with E-state index in [1.807, 2.05) is 11.7 Å². The molecule has 1 unspecified atom stereocenters. The van der Waals surface area contributed by atoms with Crippen LogP contribution in [-0.2, 0) is 13.5 Å². The van der Waals surface area contributed by atoms with E-state index in [1.54, 1.807) is 6.33 Å². The van der Waals surface area contributed by atoms with Crippen molar-refractivity contribution in [3.05, 3.63) is 12.2 Å². The van der Waals surface area contributed by atoms with Gasteiger partial charge in [-0.3, -0.25) is 4.68 Å². The molecule has 1 aromatic rings. The lowest BCUT2D eigenvalue weighted by molar-refractivity contribution is 0.153. The summed E-state index contributed by atoms with van der Waals surface area (Å²) in [6.45, 7) is 7.95. The Morgan fingerprint density at radius 3 is 2.55 bits per heavy atom. The Labute approximate surface area is 123 Å². The molecule has 1 heterocycles. The summed E-state index contributed by atoms with van der Waals surface area (Å²) in [7, 11) is 2.00. The first kappa shape index (κ1) is 15.5. The molecule has 2 rings (SSSR count). The third kappa shape index (κ3) is 3.40. The maximum absolute atomic E-state index is 4.43. The van der Waals surface area contributed by atoms with Crippen molar-refractivity contribution in [1.29, 1.82) is 0 Å². The highest BCUT2D eigenvalue weighted by Gasteiger charge is 2.41. The van der Waals surface area contributed by atoms with Crippen LogP contribution >= 0.6 is 0 Å². The fourth-order valence-corrected chi connectivity index (χ4v) is 4.03. The predicted octanol–water partition coefficient (Wildman–Crippen LogP) is 2.94. The maximum atomic E-state index is 4.43. The molecule has 1 saturated carbocycles. The fourth-order valence-electron chi connectivity index (χ4n) is 4.03. The number of aryl methyl sites for hydroxylation is 1. The number of nitrogens with zero attached hydrogens (tertiary/aromatic N) is 3. The third-order valence-corrected chi connectivity index (χ3v) is 4.80. The van der Waals surface area contributed by atoms with Gasteiger partial charge in [-0.05, 0) is 37.1 Å². The van der Waals surface area contributed by atoms with Crippen LogP contribution in [0.5, 0.6) is 0 Å². The summed E-state index contributed by atoms with van der Waals surface area (Å²) in [6, 6.07) is 0.528. The van der Waals surface area contributed by atoms with Crippen molar-refractivity contribution >= 4 is 0 Å². The molecule has 1 aliphatic carbocycles. The molecule has 1 N–H and O–H groups in total. The van der Waals surface area contributed by atoms with E-state index in [1.165, 1.54) is 32.1 Å². The quantitative estimate of drug-likeness (QED) is 0.834. The zero-order valence-electron chi connectivity index (χ0n) is 13.5. The predicted molar refractivity (Wildman–Crippen MR) is 82.5 cm³/mol. The molecule has 1 fully saturated rings. The van der Waals surface area contributed by atoms with Gasteiger partial charge in [0.1, 0.15) is 12.2 Å². The molecular weight excluding hydrogens is 248 g/mol. The van der Waals surface area contributed by atoms with E-state index < -0.39 is 0 Å². The number of nitrogens with one attached hydrogen (secondary N) is 1. The van der Waals surface area contributed by atoms with Gasteiger partial charge in [-0.25, -0.2) is 4.98 Å². The van der Waals surface area contributed by atoms with Gasteiger partial charge >= 0.3 is 0 Å². The molecule has 0 bridgehead atoms. The lowest BCUT2D eigenvalue weighted by Crippen LogP contribution is -2.46. The van der Waals surface area contributed by atoms with Crippen LogP contribution in [-0.4, -0.2) is 27.4 Å². The minimum absolute atomic E-state index is 0.454. The van der Waals surface area contributed by atoms with Gasteiger partial charge in [0.05, 0.1) is 0 Å². The average molecular weight is 278 g/mol. The first-order valence-corrected chi connectivity index (χ1v) is 8.13. The van der Waals surface area contributed by atoms with E-state index in [0.717, 1.165) is 24.7 Å². The van der Waals surface area contributed by atoms with Crippen molar-refractivity contribution in [2.45, 2.75) is 65.3 Å². The van der Waals surface area contributed by atoms with Crippen LogP contribution in [0.25, 0.3) is 0 Å². The molecule has 4 heteroatoms. The second-order valence-electron chi connectivity index (χ2n) is 6.78. The number of hydrogen-bond acceptors (Lipinski definition) is 3. The molecule has 1 aromatic heterocycles. The summed E-state index contributed by atoms with van der Waals surface area (Å²) >= 11 is 0. The third-order valence-electron chi connectivity index (χ3n) is 4.80. The molecule has 20 heavy (non-hydrogen) atoms. The Morgan fingerprint density at radius 1 is 1.35 bits per heavy atom. The van der Waals surface area contributed by atoms with Crippen molar-refractivity contribution in [2.75, 3.05) is 6.54 Å². The highest BCUT2D eigenvalue weighted by Crippen LogP contribution is 2.46. The van der Waals surface area contributed by atoms with E-state index >= 15 is 0 Å². The summed E-state index contributed by atoms with van der Waals surface area (Å²) in [5, 5.41) is 7.97. The largest absolute Gasteiger partial charge is 0.313 e. The average Bonchev–Trinajstić information content (AvgIpc) is 2.99. The Hall–Kier alpha value is -0.900. The first-order chi connectivity index (χ1) is 9.57. The summed E-state index contributed by atoms with van der Waals surface area (Å²) in [6.07, 6.45) is 9.48. The molecule has 0 aromatic carbocycles. The van der Waals surface area contributed by atoms with Gasteiger partial charge in [0.25, 0.3) is 0 Å². The molecule has 0 radical (unpaired) electrons. The van der Waals surface area contributed by atoms with Crippen LogP contribution in [0.1, 0.15) is 58.7 Å². The Kier molecular flexibility index (Phi) is 5.19. The second-order valence-corrected chi connectivity index (χ2v) is 6.78. The van der Waals surface area contributed by atoms with Crippen molar-refractivity contribution in [2.24, 2.45) is 18.4 Å². The summed E-state index contributed by atoms with van der Waals surface area (Å²) in [5.41, 5.74) is 0.454. The zero-order valence-corrected chi connectivity index (χ0v) is 13.5. The highest BCUT2D eigenvalue weighted by molar-refractivity contribution is 5.00.